The van der Waals surface area contributed by atoms with Crippen molar-refractivity contribution in [3.05, 3.63) is 23.8 Å². The van der Waals surface area contributed by atoms with Crippen LogP contribution in [0, 0.1) is 0 Å². The van der Waals surface area contributed by atoms with Crippen molar-refractivity contribution >= 4 is 5.97 Å². The Balaban J connectivity index is 2.20. The predicted octanol–water partition coefficient (Wildman–Crippen LogP) is 1.62. The molecule has 0 saturated heterocycles. The van der Waals surface area contributed by atoms with Crippen molar-refractivity contribution in [2.45, 2.75) is 12.3 Å². The highest BCUT2D eigenvalue weighted by Crippen LogP contribution is 2.35. The Hall–Kier alpha value is -1.75. The maximum absolute atomic E-state index is 10.8. The molecule has 5 nitrogen and oxygen atoms in total. The molecule has 0 amide bonds. The van der Waals surface area contributed by atoms with E-state index >= 15 is 0 Å². The van der Waals surface area contributed by atoms with Gasteiger partial charge in [0.15, 0.2) is 11.5 Å². The van der Waals surface area contributed by atoms with Crippen molar-refractivity contribution in [1.82, 2.24) is 0 Å². The first-order valence-electron chi connectivity index (χ1n) is 5.31. The molecular weight excluding hydrogens is 224 g/mol. The largest absolute Gasteiger partial charge is 0.481 e. The molecule has 1 aromatic carbocycles. The fourth-order valence-electron chi connectivity index (χ4n) is 1.85. The second kappa shape index (κ2) is 5.05. The van der Waals surface area contributed by atoms with Gasteiger partial charge in [0, 0.05) is 13.0 Å². The number of fused-ring (bicyclic) bond motifs is 1. The molecule has 1 aromatic rings. The lowest BCUT2D eigenvalue weighted by atomic mass is 9.96. The van der Waals surface area contributed by atoms with Crippen molar-refractivity contribution in [1.29, 1.82) is 0 Å². The third-order valence-electron chi connectivity index (χ3n) is 2.66. The number of carbonyl (C=O) groups is 1. The van der Waals surface area contributed by atoms with Gasteiger partial charge in [0.25, 0.3) is 0 Å². The summed E-state index contributed by atoms with van der Waals surface area (Å²) in [6.07, 6.45) is 0.0352. The van der Waals surface area contributed by atoms with E-state index in [0.717, 1.165) is 5.56 Å². The molecule has 0 bridgehead atoms. The molecule has 1 unspecified atom stereocenters. The minimum Gasteiger partial charge on any atom is -0.481 e. The number of carboxylic acid groups (broad SMARTS) is 1. The Labute approximate surface area is 98.9 Å². The molecular formula is C12H14O5. The lowest BCUT2D eigenvalue weighted by Gasteiger charge is -2.14. The fourth-order valence-corrected chi connectivity index (χ4v) is 1.85. The van der Waals surface area contributed by atoms with Gasteiger partial charge in [-0.3, -0.25) is 4.79 Å². The molecule has 5 heteroatoms. The lowest BCUT2D eigenvalue weighted by molar-refractivity contribution is -0.137. The molecule has 17 heavy (non-hydrogen) atoms. The topological polar surface area (TPSA) is 65.0 Å². The summed E-state index contributed by atoms with van der Waals surface area (Å²) in [6.45, 7) is 0.582. The quantitative estimate of drug-likeness (QED) is 0.844. The third-order valence-corrected chi connectivity index (χ3v) is 2.66. The average Bonchev–Trinajstić information content (AvgIpc) is 2.74. The summed E-state index contributed by atoms with van der Waals surface area (Å²) in [5.74, 6) is 0.339. The van der Waals surface area contributed by atoms with E-state index in [2.05, 4.69) is 0 Å². The van der Waals surface area contributed by atoms with Crippen molar-refractivity contribution in [2.24, 2.45) is 0 Å². The van der Waals surface area contributed by atoms with Crippen LogP contribution in [-0.4, -0.2) is 31.6 Å². The molecule has 0 aliphatic carbocycles. The van der Waals surface area contributed by atoms with Gasteiger partial charge in [-0.25, -0.2) is 0 Å². The van der Waals surface area contributed by atoms with Crippen molar-refractivity contribution in [3.8, 4) is 11.5 Å². The SMILES string of the molecule is COCC(CC(=O)O)c1ccc2c(c1)OCO2. The summed E-state index contributed by atoms with van der Waals surface area (Å²) in [7, 11) is 1.56. The Kier molecular flexibility index (Phi) is 3.49. The van der Waals surface area contributed by atoms with Crippen LogP contribution in [0.25, 0.3) is 0 Å². The normalized spacial score (nSPS) is 14.6. The van der Waals surface area contributed by atoms with E-state index in [1.54, 1.807) is 13.2 Å². The van der Waals surface area contributed by atoms with E-state index in [-0.39, 0.29) is 19.1 Å². The number of aliphatic carboxylic acids is 1. The van der Waals surface area contributed by atoms with Gasteiger partial charge in [-0.15, -0.1) is 0 Å². The zero-order chi connectivity index (χ0) is 12.3. The first-order valence-corrected chi connectivity index (χ1v) is 5.31. The molecule has 0 spiro atoms. The maximum Gasteiger partial charge on any atom is 0.304 e. The van der Waals surface area contributed by atoms with E-state index in [4.69, 9.17) is 19.3 Å². The second-order valence-corrected chi connectivity index (χ2v) is 3.86. The second-order valence-electron chi connectivity index (χ2n) is 3.86. The van der Waals surface area contributed by atoms with Gasteiger partial charge in [-0.1, -0.05) is 6.07 Å². The van der Waals surface area contributed by atoms with Crippen LogP contribution in [0.1, 0.15) is 17.9 Å². The summed E-state index contributed by atoms with van der Waals surface area (Å²) >= 11 is 0. The van der Waals surface area contributed by atoms with Gasteiger partial charge in [0.05, 0.1) is 13.0 Å². The van der Waals surface area contributed by atoms with E-state index in [1.165, 1.54) is 0 Å². The molecule has 0 saturated carbocycles. The van der Waals surface area contributed by atoms with E-state index in [9.17, 15) is 4.79 Å². The number of rotatable bonds is 5. The van der Waals surface area contributed by atoms with Crippen LogP contribution < -0.4 is 9.47 Å². The fraction of sp³-hybridized carbons (Fsp3) is 0.417. The number of methoxy groups -OCH3 is 1. The lowest BCUT2D eigenvalue weighted by Crippen LogP contribution is -2.11. The Morgan fingerprint density at radius 2 is 2.24 bits per heavy atom. The Bertz CT molecular complexity index is 415. The van der Waals surface area contributed by atoms with Crippen LogP contribution in [0.3, 0.4) is 0 Å². The summed E-state index contributed by atoms with van der Waals surface area (Å²) in [5.41, 5.74) is 0.888. The minimum absolute atomic E-state index is 0.0352. The van der Waals surface area contributed by atoms with Crippen molar-refractivity contribution in [2.75, 3.05) is 20.5 Å². The molecule has 0 radical (unpaired) electrons. The van der Waals surface area contributed by atoms with Gasteiger partial charge in [0.1, 0.15) is 0 Å². The summed E-state index contributed by atoms with van der Waals surface area (Å²) < 4.78 is 15.5. The van der Waals surface area contributed by atoms with Crippen LogP contribution >= 0.6 is 0 Å². The smallest absolute Gasteiger partial charge is 0.304 e. The highest BCUT2D eigenvalue weighted by Gasteiger charge is 2.20. The van der Waals surface area contributed by atoms with Crippen LogP contribution in [0.15, 0.2) is 18.2 Å². The minimum atomic E-state index is -0.843. The third kappa shape index (κ3) is 2.68. The highest BCUT2D eigenvalue weighted by atomic mass is 16.7. The summed E-state index contributed by atoms with van der Waals surface area (Å²) in [4.78, 5) is 10.8. The summed E-state index contributed by atoms with van der Waals surface area (Å²) in [6, 6.07) is 5.46. The maximum atomic E-state index is 10.8. The number of benzene rings is 1. The summed E-state index contributed by atoms with van der Waals surface area (Å²) in [5, 5.41) is 8.85. The van der Waals surface area contributed by atoms with E-state index in [1.807, 2.05) is 12.1 Å². The number of hydrogen-bond donors (Lipinski definition) is 1. The molecule has 1 heterocycles. The van der Waals surface area contributed by atoms with Crippen LogP contribution in [0.4, 0.5) is 0 Å². The number of hydrogen-bond acceptors (Lipinski definition) is 4. The molecule has 2 rings (SSSR count). The van der Waals surface area contributed by atoms with E-state index < -0.39 is 5.97 Å². The molecule has 1 aliphatic heterocycles. The first kappa shape index (κ1) is 11.7. The zero-order valence-corrected chi connectivity index (χ0v) is 9.51. The molecule has 92 valence electrons. The number of ether oxygens (including phenoxy) is 3. The number of carboxylic acids is 1. The van der Waals surface area contributed by atoms with Crippen molar-refractivity contribution < 1.29 is 24.1 Å². The first-order chi connectivity index (χ1) is 8.20. The zero-order valence-electron chi connectivity index (χ0n) is 9.51. The molecule has 1 atom stereocenters. The Morgan fingerprint density at radius 3 is 2.94 bits per heavy atom. The van der Waals surface area contributed by atoms with Crippen molar-refractivity contribution in [3.63, 3.8) is 0 Å². The van der Waals surface area contributed by atoms with Gasteiger partial charge >= 0.3 is 5.97 Å². The van der Waals surface area contributed by atoms with E-state index in [0.29, 0.717) is 18.1 Å². The molecule has 0 aromatic heterocycles. The predicted molar refractivity (Wildman–Crippen MR) is 59.4 cm³/mol. The van der Waals surface area contributed by atoms with Crippen LogP contribution in [0.2, 0.25) is 0 Å². The highest BCUT2D eigenvalue weighted by molar-refractivity contribution is 5.68. The Morgan fingerprint density at radius 1 is 1.47 bits per heavy atom. The molecule has 1 aliphatic rings. The van der Waals surface area contributed by atoms with Gasteiger partial charge < -0.3 is 19.3 Å². The van der Waals surface area contributed by atoms with Crippen LogP contribution in [-0.2, 0) is 9.53 Å². The standard InChI is InChI=1S/C12H14O5/c1-15-6-9(5-12(13)14)8-2-3-10-11(4-8)17-7-16-10/h2-4,9H,5-7H2,1H3,(H,13,14). The van der Waals surface area contributed by atoms with Crippen LogP contribution in [0.5, 0.6) is 11.5 Å². The van der Waals surface area contributed by atoms with Gasteiger partial charge in [-0.05, 0) is 17.7 Å². The van der Waals surface area contributed by atoms with Gasteiger partial charge in [-0.2, -0.15) is 0 Å². The molecule has 0 fully saturated rings. The molecule has 1 N–H and O–H groups in total. The monoisotopic (exact) mass is 238 g/mol. The van der Waals surface area contributed by atoms with Gasteiger partial charge in [0.2, 0.25) is 6.79 Å². The average molecular weight is 238 g/mol.